The minimum absolute atomic E-state index is 0.485. The molecule has 1 aliphatic rings. The predicted octanol–water partition coefficient (Wildman–Crippen LogP) is 2.99. The number of nitrogen functional groups attached to an aromatic ring is 1. The summed E-state index contributed by atoms with van der Waals surface area (Å²) in [5.41, 5.74) is 8.95. The van der Waals surface area contributed by atoms with Gasteiger partial charge in [-0.2, -0.15) is 4.98 Å². The van der Waals surface area contributed by atoms with E-state index < -0.39 is 0 Å². The molecule has 0 fully saturated rings. The Morgan fingerprint density at radius 3 is 2.88 bits per heavy atom. The Morgan fingerprint density at radius 1 is 1.19 bits per heavy atom. The lowest BCUT2D eigenvalue weighted by atomic mass is 9.99. The smallest absolute Gasteiger partial charge is 0.223 e. The summed E-state index contributed by atoms with van der Waals surface area (Å²) in [6.07, 6.45) is 0. The van der Waals surface area contributed by atoms with Crippen LogP contribution in [-0.2, 0) is 6.61 Å². The van der Waals surface area contributed by atoms with E-state index in [9.17, 15) is 0 Å². The van der Waals surface area contributed by atoms with Crippen molar-refractivity contribution in [3.63, 3.8) is 0 Å². The van der Waals surface area contributed by atoms with Gasteiger partial charge in [-0.25, -0.2) is 0 Å². The van der Waals surface area contributed by atoms with Crippen molar-refractivity contribution in [3.8, 4) is 17.0 Å². The Bertz CT molecular complexity index is 517. The van der Waals surface area contributed by atoms with Gasteiger partial charge in [0.25, 0.3) is 0 Å². The monoisotopic (exact) mass is 276 g/mol. The lowest BCUT2D eigenvalue weighted by Crippen LogP contribution is -2.07. The number of fused-ring (bicyclic) bond motifs is 3. The molecule has 0 unspecified atom stereocenters. The second kappa shape index (κ2) is 3.49. The quantitative estimate of drug-likeness (QED) is 0.805. The van der Waals surface area contributed by atoms with Crippen molar-refractivity contribution >= 4 is 21.7 Å². The molecule has 2 heterocycles. The fourth-order valence-electron chi connectivity index (χ4n) is 1.86. The van der Waals surface area contributed by atoms with Gasteiger partial charge in [-0.15, -0.1) is 0 Å². The largest absolute Gasteiger partial charge is 0.472 e. The first-order valence-corrected chi connectivity index (χ1v) is 5.71. The summed E-state index contributed by atoms with van der Waals surface area (Å²) in [6.45, 7) is 0.540. The second-order valence-electron chi connectivity index (χ2n) is 3.68. The van der Waals surface area contributed by atoms with Crippen molar-refractivity contribution in [1.82, 2.24) is 4.98 Å². The zero-order chi connectivity index (χ0) is 11.1. The van der Waals surface area contributed by atoms with Crippen molar-refractivity contribution < 1.29 is 4.74 Å². The number of ether oxygens (including phenoxy) is 1. The molecule has 1 aromatic carbocycles. The van der Waals surface area contributed by atoms with E-state index in [4.69, 9.17) is 10.5 Å². The van der Waals surface area contributed by atoms with E-state index in [1.165, 1.54) is 0 Å². The van der Waals surface area contributed by atoms with Gasteiger partial charge in [-0.3, -0.25) is 0 Å². The minimum atomic E-state index is 0.485. The molecular weight excluding hydrogens is 268 g/mol. The van der Waals surface area contributed by atoms with Crippen molar-refractivity contribution in [2.45, 2.75) is 6.61 Å². The molecule has 0 bridgehead atoms. The van der Waals surface area contributed by atoms with Crippen LogP contribution in [0.4, 0.5) is 5.82 Å². The first kappa shape index (κ1) is 9.66. The molecule has 80 valence electrons. The van der Waals surface area contributed by atoms with E-state index in [1.807, 2.05) is 12.1 Å². The SMILES string of the molecule is Nc1ccc2c(n1)OCc1cc(Br)ccc1-2. The van der Waals surface area contributed by atoms with Gasteiger partial charge in [0.15, 0.2) is 0 Å². The first-order valence-electron chi connectivity index (χ1n) is 4.92. The van der Waals surface area contributed by atoms with Gasteiger partial charge in [0.05, 0.1) is 0 Å². The van der Waals surface area contributed by atoms with Crippen LogP contribution in [0.25, 0.3) is 11.1 Å². The molecule has 0 saturated heterocycles. The number of halogens is 1. The van der Waals surface area contributed by atoms with Crippen molar-refractivity contribution in [2.24, 2.45) is 0 Å². The molecule has 3 rings (SSSR count). The summed E-state index contributed by atoms with van der Waals surface area (Å²) in [7, 11) is 0. The average Bonchev–Trinajstić information content (AvgIpc) is 2.28. The Balaban J connectivity index is 2.23. The third-order valence-electron chi connectivity index (χ3n) is 2.60. The summed E-state index contributed by atoms with van der Waals surface area (Å²) in [5.74, 6) is 1.11. The zero-order valence-electron chi connectivity index (χ0n) is 8.40. The van der Waals surface area contributed by atoms with E-state index in [0.717, 1.165) is 21.2 Å². The van der Waals surface area contributed by atoms with Crippen LogP contribution in [0.1, 0.15) is 5.56 Å². The van der Waals surface area contributed by atoms with Crippen LogP contribution in [-0.4, -0.2) is 4.98 Å². The lowest BCUT2D eigenvalue weighted by molar-refractivity contribution is 0.290. The molecule has 0 atom stereocenters. The van der Waals surface area contributed by atoms with E-state index in [-0.39, 0.29) is 0 Å². The molecule has 2 N–H and O–H groups in total. The average molecular weight is 277 g/mol. The maximum atomic E-state index is 5.63. The summed E-state index contributed by atoms with van der Waals surface area (Å²) in [4.78, 5) is 4.18. The van der Waals surface area contributed by atoms with Crippen LogP contribution in [0.15, 0.2) is 34.8 Å². The van der Waals surface area contributed by atoms with Gasteiger partial charge in [-0.1, -0.05) is 22.0 Å². The van der Waals surface area contributed by atoms with Gasteiger partial charge in [0, 0.05) is 10.0 Å². The van der Waals surface area contributed by atoms with E-state index in [0.29, 0.717) is 18.3 Å². The van der Waals surface area contributed by atoms with E-state index >= 15 is 0 Å². The predicted molar refractivity (Wildman–Crippen MR) is 66.1 cm³/mol. The summed E-state index contributed by atoms with van der Waals surface area (Å²) in [6, 6.07) is 9.89. The molecule has 0 amide bonds. The number of pyridine rings is 1. The lowest BCUT2D eigenvalue weighted by Gasteiger charge is -2.19. The van der Waals surface area contributed by atoms with Crippen LogP contribution in [0.5, 0.6) is 5.88 Å². The third kappa shape index (κ3) is 1.46. The topological polar surface area (TPSA) is 48.1 Å². The van der Waals surface area contributed by atoms with Crippen LogP contribution in [0, 0.1) is 0 Å². The molecule has 0 radical (unpaired) electrons. The van der Waals surface area contributed by atoms with Crippen LogP contribution < -0.4 is 10.5 Å². The normalized spacial score (nSPS) is 12.6. The Labute approximate surface area is 101 Å². The fourth-order valence-corrected chi connectivity index (χ4v) is 2.27. The standard InChI is InChI=1S/C12H9BrN2O/c13-8-1-2-9-7(5-8)6-16-12-10(9)3-4-11(14)15-12/h1-5H,6H2,(H2,14,15). The number of nitrogens with two attached hydrogens (primary N) is 1. The van der Waals surface area contributed by atoms with Crippen LogP contribution in [0.3, 0.4) is 0 Å². The third-order valence-corrected chi connectivity index (χ3v) is 3.10. The maximum absolute atomic E-state index is 5.63. The number of benzene rings is 1. The van der Waals surface area contributed by atoms with Gasteiger partial charge in [-0.05, 0) is 35.4 Å². The highest BCUT2D eigenvalue weighted by atomic mass is 79.9. The zero-order valence-corrected chi connectivity index (χ0v) is 9.99. The Morgan fingerprint density at radius 2 is 2.00 bits per heavy atom. The number of nitrogens with zero attached hydrogens (tertiary/aromatic N) is 1. The molecule has 0 saturated carbocycles. The van der Waals surface area contributed by atoms with Crippen LogP contribution in [0.2, 0.25) is 0 Å². The van der Waals surface area contributed by atoms with E-state index in [1.54, 1.807) is 6.07 Å². The molecule has 0 aliphatic carbocycles. The summed E-state index contributed by atoms with van der Waals surface area (Å²) >= 11 is 3.45. The molecule has 4 heteroatoms. The van der Waals surface area contributed by atoms with Gasteiger partial charge >= 0.3 is 0 Å². The summed E-state index contributed by atoms with van der Waals surface area (Å²) < 4.78 is 6.63. The Hall–Kier alpha value is -1.55. The highest BCUT2D eigenvalue weighted by molar-refractivity contribution is 9.10. The van der Waals surface area contributed by atoms with Crippen LogP contribution >= 0.6 is 15.9 Å². The first-order chi connectivity index (χ1) is 7.74. The number of hydrogen-bond donors (Lipinski definition) is 1. The van der Waals surface area contributed by atoms with Crippen molar-refractivity contribution in [2.75, 3.05) is 5.73 Å². The van der Waals surface area contributed by atoms with Gasteiger partial charge in [0.2, 0.25) is 5.88 Å². The Kier molecular flexibility index (Phi) is 2.11. The maximum Gasteiger partial charge on any atom is 0.223 e. The van der Waals surface area contributed by atoms with Crippen molar-refractivity contribution in [3.05, 3.63) is 40.4 Å². The molecule has 0 spiro atoms. The van der Waals surface area contributed by atoms with Gasteiger partial charge < -0.3 is 10.5 Å². The molecule has 1 aliphatic heterocycles. The number of hydrogen-bond acceptors (Lipinski definition) is 3. The molecule has 3 nitrogen and oxygen atoms in total. The molecule has 1 aromatic heterocycles. The number of anilines is 1. The van der Waals surface area contributed by atoms with Crippen molar-refractivity contribution in [1.29, 1.82) is 0 Å². The second-order valence-corrected chi connectivity index (χ2v) is 4.59. The fraction of sp³-hybridized carbons (Fsp3) is 0.0833. The minimum Gasteiger partial charge on any atom is -0.472 e. The van der Waals surface area contributed by atoms with E-state index in [2.05, 4.69) is 33.0 Å². The van der Waals surface area contributed by atoms with Gasteiger partial charge in [0.1, 0.15) is 12.4 Å². The molecule has 16 heavy (non-hydrogen) atoms. The molecule has 2 aromatic rings. The number of rotatable bonds is 0. The highest BCUT2D eigenvalue weighted by Gasteiger charge is 2.18. The number of aromatic nitrogens is 1. The summed E-state index contributed by atoms with van der Waals surface area (Å²) in [5, 5.41) is 0. The molecular formula is C12H9BrN2O. The highest BCUT2D eigenvalue weighted by Crippen LogP contribution is 2.37.